The summed E-state index contributed by atoms with van der Waals surface area (Å²) >= 11 is 0. The van der Waals surface area contributed by atoms with Gasteiger partial charge < -0.3 is 19.8 Å². The predicted molar refractivity (Wildman–Crippen MR) is 109 cm³/mol. The Bertz CT molecular complexity index is 1040. The fraction of sp³-hybridized carbons (Fsp3) is 0.476. The number of fused-ring (bicyclic) bond motifs is 2. The Morgan fingerprint density at radius 1 is 1.41 bits per heavy atom. The molecule has 1 amide bonds. The molecule has 1 aromatic carbocycles. The molecule has 3 heterocycles. The van der Waals surface area contributed by atoms with Crippen molar-refractivity contribution in [3.63, 3.8) is 0 Å². The van der Waals surface area contributed by atoms with Gasteiger partial charge in [0, 0.05) is 29.6 Å². The summed E-state index contributed by atoms with van der Waals surface area (Å²) in [6, 6.07) is 5.94. The van der Waals surface area contributed by atoms with Crippen molar-refractivity contribution in [2.75, 3.05) is 20.3 Å². The largest absolute Gasteiger partial charge is 0.497 e. The van der Waals surface area contributed by atoms with Crippen molar-refractivity contribution in [2.24, 2.45) is 0 Å². The number of rotatable bonds is 6. The van der Waals surface area contributed by atoms with E-state index in [-0.39, 0.29) is 11.8 Å². The molecular formula is C21H27N5O3. The Hall–Kier alpha value is -2.87. The lowest BCUT2D eigenvalue weighted by Crippen LogP contribution is -2.53. The number of methoxy groups -OCH3 is 1. The van der Waals surface area contributed by atoms with Gasteiger partial charge >= 0.3 is 0 Å². The van der Waals surface area contributed by atoms with Gasteiger partial charge in [0.25, 0.3) is 0 Å². The van der Waals surface area contributed by atoms with Crippen molar-refractivity contribution in [1.29, 1.82) is 0 Å². The lowest BCUT2D eigenvalue weighted by Gasteiger charge is -2.35. The molecule has 154 valence electrons. The van der Waals surface area contributed by atoms with Crippen LogP contribution in [0.3, 0.4) is 0 Å². The van der Waals surface area contributed by atoms with E-state index < -0.39 is 5.54 Å². The second kappa shape index (κ2) is 7.51. The van der Waals surface area contributed by atoms with E-state index in [0.29, 0.717) is 32.0 Å². The van der Waals surface area contributed by atoms with E-state index in [9.17, 15) is 4.79 Å². The van der Waals surface area contributed by atoms with Crippen LogP contribution in [0, 0.1) is 0 Å². The van der Waals surface area contributed by atoms with Crippen LogP contribution in [0.5, 0.6) is 5.75 Å². The first-order chi connectivity index (χ1) is 13.9. The molecule has 2 N–H and O–H groups in total. The Morgan fingerprint density at radius 3 is 3.00 bits per heavy atom. The minimum atomic E-state index is -0.861. The minimum Gasteiger partial charge on any atom is -0.497 e. The maximum atomic E-state index is 13.2. The summed E-state index contributed by atoms with van der Waals surface area (Å²) in [6.07, 6.45) is 2.69. The number of carbonyl (C=O) groups excluding carboxylic acids is 1. The topological polar surface area (TPSA) is 94.1 Å². The average molecular weight is 397 g/mol. The number of H-pyrrole nitrogens is 1. The van der Waals surface area contributed by atoms with Gasteiger partial charge in [-0.1, -0.05) is 13.8 Å². The first-order valence-corrected chi connectivity index (χ1v) is 9.88. The molecule has 4 rings (SSSR count). The fourth-order valence-corrected chi connectivity index (χ4v) is 3.90. The monoisotopic (exact) mass is 397 g/mol. The summed E-state index contributed by atoms with van der Waals surface area (Å²) in [5.74, 6) is 2.40. The molecule has 8 heteroatoms. The van der Waals surface area contributed by atoms with Crippen LogP contribution < -0.4 is 10.1 Å². The zero-order valence-corrected chi connectivity index (χ0v) is 17.3. The molecule has 0 aliphatic carbocycles. The van der Waals surface area contributed by atoms with Gasteiger partial charge in [-0.25, -0.2) is 0 Å². The van der Waals surface area contributed by atoms with Crippen LogP contribution >= 0.6 is 0 Å². The number of amides is 1. The standard InChI is InChI=1S/C21H27N5O3/c1-13(2)19-25-24-18-11-29-12-21(3,26(18)19)20(27)22-8-7-14-10-23-17-6-5-15(28-4)9-16(14)17/h5-6,9-10,13,23H,7-8,11-12H2,1-4H3,(H,22,27). The van der Waals surface area contributed by atoms with Gasteiger partial charge in [0.05, 0.1) is 13.7 Å². The number of hydrogen-bond donors (Lipinski definition) is 2. The molecule has 0 saturated carbocycles. The molecular weight excluding hydrogens is 370 g/mol. The highest BCUT2D eigenvalue weighted by Gasteiger charge is 2.42. The summed E-state index contributed by atoms with van der Waals surface area (Å²) in [5.41, 5.74) is 1.33. The van der Waals surface area contributed by atoms with E-state index in [1.165, 1.54) is 0 Å². The molecule has 1 aliphatic rings. The van der Waals surface area contributed by atoms with Crippen molar-refractivity contribution in [3.05, 3.63) is 41.6 Å². The predicted octanol–water partition coefficient (Wildman–Crippen LogP) is 2.50. The summed E-state index contributed by atoms with van der Waals surface area (Å²) in [7, 11) is 1.66. The van der Waals surface area contributed by atoms with Crippen LogP contribution in [0.1, 0.15) is 43.9 Å². The zero-order chi connectivity index (χ0) is 20.6. The van der Waals surface area contributed by atoms with Crippen LogP contribution in [-0.4, -0.2) is 45.9 Å². The number of aromatic amines is 1. The average Bonchev–Trinajstić information content (AvgIpc) is 3.33. The van der Waals surface area contributed by atoms with E-state index in [2.05, 4.69) is 34.3 Å². The van der Waals surface area contributed by atoms with Gasteiger partial charge in [0.2, 0.25) is 5.91 Å². The van der Waals surface area contributed by atoms with Crippen molar-refractivity contribution >= 4 is 16.8 Å². The molecule has 29 heavy (non-hydrogen) atoms. The highest BCUT2D eigenvalue weighted by atomic mass is 16.5. The molecule has 0 spiro atoms. The minimum absolute atomic E-state index is 0.0856. The molecule has 1 aliphatic heterocycles. The molecule has 3 aromatic rings. The number of ether oxygens (including phenoxy) is 2. The van der Waals surface area contributed by atoms with Gasteiger partial charge in [-0.3, -0.25) is 9.36 Å². The van der Waals surface area contributed by atoms with Crippen molar-refractivity contribution in [3.8, 4) is 5.75 Å². The third kappa shape index (κ3) is 3.37. The van der Waals surface area contributed by atoms with E-state index in [1.54, 1.807) is 7.11 Å². The van der Waals surface area contributed by atoms with Crippen LogP contribution in [-0.2, 0) is 28.1 Å². The summed E-state index contributed by atoms with van der Waals surface area (Å²) < 4.78 is 12.9. The number of hydrogen-bond acceptors (Lipinski definition) is 5. The van der Waals surface area contributed by atoms with E-state index in [0.717, 1.165) is 28.0 Å². The van der Waals surface area contributed by atoms with E-state index in [4.69, 9.17) is 9.47 Å². The summed E-state index contributed by atoms with van der Waals surface area (Å²) in [4.78, 5) is 16.4. The number of nitrogens with one attached hydrogen (secondary N) is 2. The number of aromatic nitrogens is 4. The highest BCUT2D eigenvalue weighted by molar-refractivity contribution is 5.86. The first-order valence-electron chi connectivity index (χ1n) is 9.88. The third-order valence-electron chi connectivity index (χ3n) is 5.52. The van der Waals surface area contributed by atoms with Gasteiger partial charge in [-0.15, -0.1) is 10.2 Å². The Labute approximate surface area is 169 Å². The SMILES string of the molecule is COc1ccc2[nH]cc(CCNC(=O)C3(C)COCc4nnc(C(C)C)n43)c2c1. The molecule has 0 bridgehead atoms. The highest BCUT2D eigenvalue weighted by Crippen LogP contribution is 2.29. The maximum absolute atomic E-state index is 13.2. The normalized spacial score (nSPS) is 18.8. The van der Waals surface area contributed by atoms with Crippen LogP contribution in [0.2, 0.25) is 0 Å². The molecule has 0 radical (unpaired) electrons. The second-order valence-corrected chi connectivity index (χ2v) is 7.96. The molecule has 8 nitrogen and oxygen atoms in total. The Morgan fingerprint density at radius 2 is 2.24 bits per heavy atom. The molecule has 1 atom stereocenters. The first kappa shape index (κ1) is 19.4. The van der Waals surface area contributed by atoms with Gasteiger partial charge in [-0.2, -0.15) is 0 Å². The molecule has 2 aromatic heterocycles. The Kier molecular flexibility index (Phi) is 5.04. The Balaban J connectivity index is 1.49. The van der Waals surface area contributed by atoms with Gasteiger partial charge in [0.1, 0.15) is 23.7 Å². The van der Waals surface area contributed by atoms with Crippen molar-refractivity contribution < 1.29 is 14.3 Å². The summed E-state index contributed by atoms with van der Waals surface area (Å²) in [6.45, 7) is 7.18. The number of nitrogens with zero attached hydrogens (tertiary/aromatic N) is 3. The van der Waals surface area contributed by atoms with E-state index in [1.807, 2.05) is 35.9 Å². The number of carbonyl (C=O) groups is 1. The fourth-order valence-electron chi connectivity index (χ4n) is 3.90. The van der Waals surface area contributed by atoms with Crippen molar-refractivity contribution in [1.82, 2.24) is 25.1 Å². The summed E-state index contributed by atoms with van der Waals surface area (Å²) in [5, 5.41) is 12.7. The third-order valence-corrected chi connectivity index (χ3v) is 5.52. The molecule has 1 unspecified atom stereocenters. The van der Waals surface area contributed by atoms with Crippen LogP contribution in [0.4, 0.5) is 0 Å². The molecule has 0 saturated heterocycles. The van der Waals surface area contributed by atoms with Crippen LogP contribution in [0.15, 0.2) is 24.4 Å². The van der Waals surface area contributed by atoms with Crippen LogP contribution in [0.25, 0.3) is 10.9 Å². The zero-order valence-electron chi connectivity index (χ0n) is 17.3. The second-order valence-electron chi connectivity index (χ2n) is 7.96. The van der Waals surface area contributed by atoms with Gasteiger partial charge in [0.15, 0.2) is 5.82 Å². The van der Waals surface area contributed by atoms with Crippen molar-refractivity contribution in [2.45, 2.75) is 45.3 Å². The van der Waals surface area contributed by atoms with E-state index >= 15 is 0 Å². The molecule has 0 fully saturated rings. The lowest BCUT2D eigenvalue weighted by atomic mass is 9.98. The quantitative estimate of drug-likeness (QED) is 0.667. The number of benzene rings is 1. The lowest BCUT2D eigenvalue weighted by molar-refractivity contribution is -0.135. The maximum Gasteiger partial charge on any atom is 0.248 e. The van der Waals surface area contributed by atoms with Gasteiger partial charge in [-0.05, 0) is 37.1 Å². The smallest absolute Gasteiger partial charge is 0.248 e.